The van der Waals surface area contributed by atoms with Crippen LogP contribution in [-0.4, -0.2) is 33.6 Å². The minimum atomic E-state index is -0.227. The van der Waals surface area contributed by atoms with Crippen LogP contribution in [0, 0.1) is 0 Å². The number of nitrogens with zero attached hydrogens (tertiary/aromatic N) is 2. The molecule has 90 valence electrons. The molecule has 0 amide bonds. The zero-order valence-electron chi connectivity index (χ0n) is 9.89. The van der Waals surface area contributed by atoms with Crippen LogP contribution in [0.4, 0.5) is 0 Å². The molecule has 2 N–H and O–H groups in total. The molecule has 4 nitrogen and oxygen atoms in total. The zero-order valence-corrected chi connectivity index (χ0v) is 9.89. The summed E-state index contributed by atoms with van der Waals surface area (Å²) in [5.74, 6) is 0. The molecule has 2 rings (SSSR count). The maximum Gasteiger partial charge on any atom is 0.0696 e. The molecule has 1 aliphatic heterocycles. The Morgan fingerprint density at radius 2 is 2.50 bits per heavy atom. The molecule has 0 aromatic carbocycles. The van der Waals surface area contributed by atoms with Gasteiger partial charge in [0, 0.05) is 25.0 Å². The largest absolute Gasteiger partial charge is 0.391 e. The lowest BCUT2D eigenvalue weighted by molar-refractivity contribution is 0.104. The van der Waals surface area contributed by atoms with E-state index in [0.29, 0.717) is 6.04 Å². The SMILES string of the molecule is Cn1nccc1CCC(O)C1CCCCN1. The van der Waals surface area contributed by atoms with Gasteiger partial charge in [-0.3, -0.25) is 4.68 Å². The lowest BCUT2D eigenvalue weighted by atomic mass is 9.96. The zero-order chi connectivity index (χ0) is 11.4. The maximum absolute atomic E-state index is 10.1. The van der Waals surface area contributed by atoms with Crippen molar-refractivity contribution in [1.29, 1.82) is 0 Å². The fourth-order valence-electron chi connectivity index (χ4n) is 2.35. The Balaban J connectivity index is 1.78. The van der Waals surface area contributed by atoms with Crippen LogP contribution >= 0.6 is 0 Å². The first kappa shape index (κ1) is 11.6. The average Bonchev–Trinajstić information content (AvgIpc) is 2.73. The van der Waals surface area contributed by atoms with Gasteiger partial charge in [0.15, 0.2) is 0 Å². The van der Waals surface area contributed by atoms with E-state index in [9.17, 15) is 5.11 Å². The van der Waals surface area contributed by atoms with E-state index < -0.39 is 0 Å². The molecule has 2 heterocycles. The number of aliphatic hydroxyl groups is 1. The fraction of sp³-hybridized carbons (Fsp3) is 0.750. The van der Waals surface area contributed by atoms with Crippen molar-refractivity contribution in [2.45, 2.75) is 44.2 Å². The van der Waals surface area contributed by atoms with Crippen LogP contribution < -0.4 is 5.32 Å². The highest BCUT2D eigenvalue weighted by Gasteiger charge is 2.20. The van der Waals surface area contributed by atoms with Gasteiger partial charge in [-0.05, 0) is 38.3 Å². The third-order valence-corrected chi connectivity index (χ3v) is 3.43. The summed E-state index contributed by atoms with van der Waals surface area (Å²) in [5.41, 5.74) is 1.19. The van der Waals surface area contributed by atoms with Crippen molar-refractivity contribution < 1.29 is 5.11 Å². The Morgan fingerprint density at radius 1 is 1.62 bits per heavy atom. The van der Waals surface area contributed by atoms with Gasteiger partial charge in [-0.1, -0.05) is 6.42 Å². The van der Waals surface area contributed by atoms with Gasteiger partial charge >= 0.3 is 0 Å². The van der Waals surface area contributed by atoms with Crippen molar-refractivity contribution in [3.05, 3.63) is 18.0 Å². The van der Waals surface area contributed by atoms with Gasteiger partial charge in [0.2, 0.25) is 0 Å². The Labute approximate surface area is 96.7 Å². The van der Waals surface area contributed by atoms with Crippen LogP contribution in [0.15, 0.2) is 12.3 Å². The molecule has 0 saturated carbocycles. The van der Waals surface area contributed by atoms with Gasteiger partial charge < -0.3 is 10.4 Å². The third-order valence-electron chi connectivity index (χ3n) is 3.43. The molecule has 2 unspecified atom stereocenters. The van der Waals surface area contributed by atoms with E-state index in [1.54, 1.807) is 6.20 Å². The van der Waals surface area contributed by atoms with Gasteiger partial charge in [0.1, 0.15) is 0 Å². The molecular formula is C12H21N3O. The Morgan fingerprint density at radius 3 is 3.12 bits per heavy atom. The lowest BCUT2D eigenvalue weighted by Crippen LogP contribution is -2.43. The summed E-state index contributed by atoms with van der Waals surface area (Å²) in [4.78, 5) is 0. The van der Waals surface area contributed by atoms with E-state index >= 15 is 0 Å². The summed E-state index contributed by atoms with van der Waals surface area (Å²) in [6.45, 7) is 1.05. The summed E-state index contributed by atoms with van der Waals surface area (Å²) in [7, 11) is 1.95. The highest BCUT2D eigenvalue weighted by atomic mass is 16.3. The van der Waals surface area contributed by atoms with Gasteiger partial charge in [-0.15, -0.1) is 0 Å². The van der Waals surface area contributed by atoms with Crippen molar-refractivity contribution in [2.75, 3.05) is 6.54 Å². The van der Waals surface area contributed by atoms with Crippen LogP contribution in [0.5, 0.6) is 0 Å². The molecule has 4 heteroatoms. The summed E-state index contributed by atoms with van der Waals surface area (Å²) < 4.78 is 1.88. The number of piperidine rings is 1. The smallest absolute Gasteiger partial charge is 0.0696 e. The number of aromatic nitrogens is 2. The molecule has 2 atom stereocenters. The van der Waals surface area contributed by atoms with Gasteiger partial charge in [0.05, 0.1) is 6.10 Å². The quantitative estimate of drug-likeness (QED) is 0.796. The number of nitrogens with one attached hydrogen (secondary N) is 1. The molecule has 16 heavy (non-hydrogen) atoms. The van der Waals surface area contributed by atoms with Gasteiger partial charge in [0.25, 0.3) is 0 Å². The molecule has 0 bridgehead atoms. The summed E-state index contributed by atoms with van der Waals surface area (Å²) in [5, 5.41) is 17.6. The molecule has 0 aliphatic carbocycles. The molecule has 0 radical (unpaired) electrons. The van der Waals surface area contributed by atoms with E-state index in [4.69, 9.17) is 0 Å². The lowest BCUT2D eigenvalue weighted by Gasteiger charge is -2.28. The molecule has 0 spiro atoms. The third kappa shape index (κ3) is 2.83. The molecule has 1 aromatic rings. The summed E-state index contributed by atoms with van der Waals surface area (Å²) in [6, 6.07) is 2.31. The first-order valence-corrected chi connectivity index (χ1v) is 6.15. The van der Waals surface area contributed by atoms with Crippen molar-refractivity contribution in [3.8, 4) is 0 Å². The Kier molecular flexibility index (Phi) is 3.96. The minimum Gasteiger partial charge on any atom is -0.391 e. The first-order valence-electron chi connectivity index (χ1n) is 6.15. The Hall–Kier alpha value is -0.870. The monoisotopic (exact) mass is 223 g/mol. The van der Waals surface area contributed by atoms with E-state index in [-0.39, 0.29) is 6.10 Å². The summed E-state index contributed by atoms with van der Waals surface area (Å²) in [6.07, 6.45) is 6.88. The average molecular weight is 223 g/mol. The first-order chi connectivity index (χ1) is 7.77. The topological polar surface area (TPSA) is 50.1 Å². The number of rotatable bonds is 4. The molecule has 1 aliphatic rings. The van der Waals surface area contributed by atoms with E-state index in [0.717, 1.165) is 25.8 Å². The fourth-order valence-corrected chi connectivity index (χ4v) is 2.35. The number of aliphatic hydroxyl groups excluding tert-OH is 1. The molecular weight excluding hydrogens is 202 g/mol. The Bertz CT molecular complexity index is 318. The summed E-state index contributed by atoms with van der Waals surface area (Å²) >= 11 is 0. The number of aryl methyl sites for hydroxylation is 2. The number of hydrogen-bond donors (Lipinski definition) is 2. The molecule has 1 saturated heterocycles. The van der Waals surface area contributed by atoms with E-state index in [1.165, 1.54) is 18.5 Å². The second kappa shape index (κ2) is 5.46. The predicted octanol–water partition coefficient (Wildman–Crippen LogP) is 0.856. The van der Waals surface area contributed by atoms with Gasteiger partial charge in [-0.25, -0.2) is 0 Å². The van der Waals surface area contributed by atoms with Crippen LogP contribution in [0.1, 0.15) is 31.4 Å². The second-order valence-corrected chi connectivity index (χ2v) is 4.61. The van der Waals surface area contributed by atoms with Crippen molar-refractivity contribution >= 4 is 0 Å². The van der Waals surface area contributed by atoms with Crippen LogP contribution in [-0.2, 0) is 13.5 Å². The molecule has 1 fully saturated rings. The van der Waals surface area contributed by atoms with Gasteiger partial charge in [-0.2, -0.15) is 5.10 Å². The van der Waals surface area contributed by atoms with Crippen LogP contribution in [0.2, 0.25) is 0 Å². The predicted molar refractivity (Wildman–Crippen MR) is 63.2 cm³/mol. The highest BCUT2D eigenvalue weighted by molar-refractivity contribution is 5.00. The molecule has 1 aromatic heterocycles. The normalized spacial score (nSPS) is 23.2. The second-order valence-electron chi connectivity index (χ2n) is 4.61. The van der Waals surface area contributed by atoms with Crippen LogP contribution in [0.3, 0.4) is 0 Å². The standard InChI is InChI=1S/C12H21N3O/c1-15-10(7-9-14-15)5-6-12(16)11-4-2-3-8-13-11/h7,9,11-13,16H,2-6,8H2,1H3. The minimum absolute atomic E-state index is 0.227. The highest BCUT2D eigenvalue weighted by Crippen LogP contribution is 2.14. The number of hydrogen-bond acceptors (Lipinski definition) is 3. The van der Waals surface area contributed by atoms with E-state index in [1.807, 2.05) is 17.8 Å². The van der Waals surface area contributed by atoms with Crippen LogP contribution in [0.25, 0.3) is 0 Å². The van der Waals surface area contributed by atoms with Crippen molar-refractivity contribution in [3.63, 3.8) is 0 Å². The maximum atomic E-state index is 10.1. The van der Waals surface area contributed by atoms with Crippen molar-refractivity contribution in [1.82, 2.24) is 15.1 Å². The van der Waals surface area contributed by atoms with Crippen molar-refractivity contribution in [2.24, 2.45) is 7.05 Å². The van der Waals surface area contributed by atoms with E-state index in [2.05, 4.69) is 10.4 Å².